The number of carbonyl (C=O) groups excluding carboxylic acids is 2. The van der Waals surface area contributed by atoms with Gasteiger partial charge in [-0.25, -0.2) is 0 Å². The van der Waals surface area contributed by atoms with Gasteiger partial charge in [-0.2, -0.15) is 0 Å². The molecule has 1 spiro atoms. The van der Waals surface area contributed by atoms with Gasteiger partial charge in [0.15, 0.2) is 6.61 Å². The maximum atomic E-state index is 13.2. The van der Waals surface area contributed by atoms with Crippen LogP contribution in [-0.4, -0.2) is 58.5 Å². The molecule has 2 aliphatic rings. The predicted octanol–water partition coefficient (Wildman–Crippen LogP) is 5.08. The van der Waals surface area contributed by atoms with Crippen molar-refractivity contribution in [1.82, 2.24) is 9.80 Å². The smallest absolute Gasteiger partial charge is 0.261 e. The van der Waals surface area contributed by atoms with Crippen LogP contribution < -0.4 is 4.74 Å². The lowest BCUT2D eigenvalue weighted by Crippen LogP contribution is -2.54. The van der Waals surface area contributed by atoms with Crippen molar-refractivity contribution in [2.24, 2.45) is 0 Å². The third-order valence-corrected chi connectivity index (χ3v) is 8.29. The van der Waals surface area contributed by atoms with Crippen LogP contribution in [-0.2, 0) is 4.79 Å². The summed E-state index contributed by atoms with van der Waals surface area (Å²) in [4.78, 5) is 29.8. The number of thioether (sulfide) groups is 1. The minimum absolute atomic E-state index is 0.00365. The highest BCUT2D eigenvalue weighted by atomic mass is 35.5. The first-order chi connectivity index (χ1) is 16.0. The molecule has 33 heavy (non-hydrogen) atoms. The fraction of sp³-hybridized carbons (Fsp3) is 0.308. The standard InChI is InChI=1S/C26H25ClN2O3S/c27-22-7-9-23(10-8-22)32-18-24(30)29-15-16-33-26(29)11-13-28(14-12-26)25(31)21-6-5-19-3-1-2-4-20(19)17-21/h1-10,17H,11-16,18H2. The number of hydrogen-bond donors (Lipinski definition) is 0. The van der Waals surface area contributed by atoms with E-state index in [1.54, 1.807) is 24.3 Å². The molecule has 0 N–H and O–H groups in total. The van der Waals surface area contributed by atoms with Crippen LogP contribution >= 0.6 is 23.4 Å². The molecule has 2 heterocycles. The van der Waals surface area contributed by atoms with E-state index in [0.29, 0.717) is 36.0 Å². The molecule has 2 fully saturated rings. The van der Waals surface area contributed by atoms with Crippen LogP contribution in [0.1, 0.15) is 23.2 Å². The van der Waals surface area contributed by atoms with Crippen molar-refractivity contribution < 1.29 is 14.3 Å². The minimum atomic E-state index is -0.249. The summed E-state index contributed by atoms with van der Waals surface area (Å²) in [5.74, 6) is 1.59. The summed E-state index contributed by atoms with van der Waals surface area (Å²) in [6, 6.07) is 21.0. The predicted molar refractivity (Wildman–Crippen MR) is 133 cm³/mol. The summed E-state index contributed by atoms with van der Waals surface area (Å²) in [5.41, 5.74) is 0.716. The second-order valence-corrected chi connectivity index (χ2v) is 10.3. The average molecular weight is 481 g/mol. The molecule has 0 radical (unpaired) electrons. The van der Waals surface area contributed by atoms with Gasteiger partial charge in [0.2, 0.25) is 0 Å². The molecule has 170 valence electrons. The highest BCUT2D eigenvalue weighted by molar-refractivity contribution is 8.00. The highest BCUT2D eigenvalue weighted by Gasteiger charge is 2.47. The van der Waals surface area contributed by atoms with Crippen LogP contribution in [0.25, 0.3) is 10.8 Å². The Hall–Kier alpha value is -2.70. The monoisotopic (exact) mass is 480 g/mol. The Kier molecular flexibility index (Phi) is 6.21. The molecule has 7 heteroatoms. The Balaban J connectivity index is 1.22. The number of amides is 2. The quantitative estimate of drug-likeness (QED) is 0.522. The largest absolute Gasteiger partial charge is 0.484 e. The van der Waals surface area contributed by atoms with E-state index in [9.17, 15) is 9.59 Å². The summed E-state index contributed by atoms with van der Waals surface area (Å²) in [6.45, 7) is 2.00. The number of rotatable bonds is 4. The molecule has 2 saturated heterocycles. The first-order valence-corrected chi connectivity index (χ1v) is 12.5. The van der Waals surface area contributed by atoms with Crippen LogP contribution in [0, 0.1) is 0 Å². The van der Waals surface area contributed by atoms with E-state index >= 15 is 0 Å². The van der Waals surface area contributed by atoms with Gasteiger partial charge in [-0.05, 0) is 60.0 Å². The van der Waals surface area contributed by atoms with Gasteiger partial charge in [-0.1, -0.05) is 41.9 Å². The van der Waals surface area contributed by atoms with Crippen molar-refractivity contribution in [3.05, 3.63) is 77.3 Å². The molecular formula is C26H25ClN2O3S. The molecule has 3 aromatic carbocycles. The highest BCUT2D eigenvalue weighted by Crippen LogP contribution is 2.44. The van der Waals surface area contributed by atoms with Gasteiger partial charge in [0.1, 0.15) is 5.75 Å². The fourth-order valence-corrected chi connectivity index (χ4v) is 6.29. The van der Waals surface area contributed by atoms with Crippen LogP contribution in [0.2, 0.25) is 5.02 Å². The number of ether oxygens (including phenoxy) is 1. The van der Waals surface area contributed by atoms with Gasteiger partial charge < -0.3 is 14.5 Å². The van der Waals surface area contributed by atoms with E-state index < -0.39 is 0 Å². The van der Waals surface area contributed by atoms with Gasteiger partial charge in [0.25, 0.3) is 11.8 Å². The van der Waals surface area contributed by atoms with Crippen molar-refractivity contribution in [2.75, 3.05) is 32.0 Å². The van der Waals surface area contributed by atoms with Crippen molar-refractivity contribution in [3.63, 3.8) is 0 Å². The van der Waals surface area contributed by atoms with Gasteiger partial charge in [0.05, 0.1) is 4.87 Å². The molecule has 0 unspecified atom stereocenters. The molecule has 5 nitrogen and oxygen atoms in total. The molecule has 3 aromatic rings. The number of likely N-dealkylation sites (tertiary alicyclic amines) is 1. The number of fused-ring (bicyclic) bond motifs is 1. The Morgan fingerprint density at radius 2 is 1.67 bits per heavy atom. The first-order valence-electron chi connectivity index (χ1n) is 11.1. The molecule has 0 aliphatic carbocycles. The van der Waals surface area contributed by atoms with E-state index in [2.05, 4.69) is 0 Å². The molecule has 2 aliphatic heterocycles. The van der Waals surface area contributed by atoms with E-state index in [1.165, 1.54) is 0 Å². The zero-order valence-electron chi connectivity index (χ0n) is 18.2. The average Bonchev–Trinajstić information content (AvgIpc) is 3.26. The fourth-order valence-electron chi connectivity index (χ4n) is 4.69. The summed E-state index contributed by atoms with van der Waals surface area (Å²) in [5, 5.41) is 2.83. The molecule has 0 saturated carbocycles. The Morgan fingerprint density at radius 3 is 2.42 bits per heavy atom. The normalized spacial score (nSPS) is 17.5. The minimum Gasteiger partial charge on any atom is -0.484 e. The lowest BCUT2D eigenvalue weighted by atomic mass is 10.00. The Morgan fingerprint density at radius 1 is 0.939 bits per heavy atom. The van der Waals surface area contributed by atoms with E-state index in [4.69, 9.17) is 16.3 Å². The van der Waals surface area contributed by atoms with Crippen molar-refractivity contribution in [2.45, 2.75) is 17.7 Å². The number of nitrogens with zero attached hydrogens (tertiary/aromatic N) is 2. The van der Waals surface area contributed by atoms with Gasteiger partial charge in [-0.15, -0.1) is 11.8 Å². The summed E-state index contributed by atoms with van der Waals surface area (Å²) in [6.07, 6.45) is 1.54. The first kappa shape index (κ1) is 22.1. The van der Waals surface area contributed by atoms with E-state index in [-0.39, 0.29) is 23.3 Å². The van der Waals surface area contributed by atoms with Crippen LogP contribution in [0.4, 0.5) is 0 Å². The van der Waals surface area contributed by atoms with E-state index in [1.807, 2.05) is 64.0 Å². The van der Waals surface area contributed by atoms with Crippen molar-refractivity contribution >= 4 is 45.9 Å². The topological polar surface area (TPSA) is 49.9 Å². The zero-order chi connectivity index (χ0) is 22.8. The lowest BCUT2D eigenvalue weighted by Gasteiger charge is -2.44. The van der Waals surface area contributed by atoms with Gasteiger partial charge >= 0.3 is 0 Å². The second-order valence-electron chi connectivity index (χ2n) is 8.44. The summed E-state index contributed by atoms with van der Waals surface area (Å²) < 4.78 is 5.70. The molecule has 0 bridgehead atoms. The molecule has 0 aromatic heterocycles. The molecule has 0 atom stereocenters. The van der Waals surface area contributed by atoms with Gasteiger partial charge in [0, 0.05) is 36.0 Å². The molecule has 5 rings (SSSR count). The van der Waals surface area contributed by atoms with Crippen LogP contribution in [0.5, 0.6) is 5.75 Å². The van der Waals surface area contributed by atoms with Crippen LogP contribution in [0.15, 0.2) is 66.7 Å². The summed E-state index contributed by atoms with van der Waals surface area (Å²) >= 11 is 7.74. The second kappa shape index (κ2) is 9.27. The maximum absolute atomic E-state index is 13.2. The third-order valence-electron chi connectivity index (χ3n) is 6.48. The lowest BCUT2D eigenvalue weighted by molar-refractivity contribution is -0.136. The maximum Gasteiger partial charge on any atom is 0.261 e. The Bertz CT molecular complexity index is 1180. The summed E-state index contributed by atoms with van der Waals surface area (Å²) in [7, 11) is 0. The molecule has 2 amide bonds. The number of halogens is 1. The number of carbonyl (C=O) groups is 2. The van der Waals surface area contributed by atoms with Gasteiger partial charge in [-0.3, -0.25) is 9.59 Å². The number of benzene rings is 3. The van der Waals surface area contributed by atoms with Crippen molar-refractivity contribution in [3.8, 4) is 5.75 Å². The van der Waals surface area contributed by atoms with E-state index in [0.717, 1.165) is 29.4 Å². The number of piperidine rings is 1. The van der Waals surface area contributed by atoms with Crippen LogP contribution in [0.3, 0.4) is 0 Å². The Labute approximate surface area is 202 Å². The SMILES string of the molecule is O=C(c1ccc2ccccc2c1)N1CCC2(CC1)SCCN2C(=O)COc1ccc(Cl)cc1. The number of hydrogen-bond acceptors (Lipinski definition) is 4. The molecular weight excluding hydrogens is 456 g/mol. The third kappa shape index (κ3) is 4.55. The zero-order valence-corrected chi connectivity index (χ0v) is 19.8. The van der Waals surface area contributed by atoms with Crippen molar-refractivity contribution in [1.29, 1.82) is 0 Å².